The van der Waals surface area contributed by atoms with Crippen LogP contribution in [0.5, 0.6) is 0 Å². The number of nitrogens with two attached hydrogens (primary N) is 1. The Morgan fingerprint density at radius 1 is 0.641 bits per heavy atom. The predicted octanol–water partition coefficient (Wildman–Crippen LogP) is -1.75. The number of ether oxygens (including phenoxy) is 7. The van der Waals surface area contributed by atoms with Gasteiger partial charge in [0.1, 0.15) is 32.0 Å². The molecule has 0 heterocycles. The first kappa shape index (κ1) is 36.3. The average Bonchev–Trinajstić information content (AvgIpc) is 2.91. The number of hydrogen-bond acceptors (Lipinski definition) is 11. The summed E-state index contributed by atoms with van der Waals surface area (Å²) in [7, 11) is 0. The van der Waals surface area contributed by atoms with Crippen LogP contribution in [-0.4, -0.2) is 123 Å². The van der Waals surface area contributed by atoms with Gasteiger partial charge >= 0.3 is 0 Å². The summed E-state index contributed by atoms with van der Waals surface area (Å²) in [6.07, 6.45) is 15.8. The van der Waals surface area contributed by atoms with Gasteiger partial charge in [0, 0.05) is 13.0 Å². The van der Waals surface area contributed by atoms with Crippen molar-refractivity contribution in [1.82, 2.24) is 10.6 Å². The van der Waals surface area contributed by atoms with Crippen molar-refractivity contribution in [3.63, 3.8) is 0 Å². The predicted molar refractivity (Wildman–Crippen MR) is 141 cm³/mol. The van der Waals surface area contributed by atoms with Crippen molar-refractivity contribution in [3.8, 4) is 37.0 Å². The summed E-state index contributed by atoms with van der Waals surface area (Å²) in [5, 5.41) is 5.45. The fourth-order valence-electron chi connectivity index (χ4n) is 2.82. The molecule has 0 saturated carbocycles. The standard InChI is InChI=1S/C26H41N3O10/c1-4-9-36-21-26(22-37-10-5-2,23-38-11-6-3)29-24(30)7-12-32-14-16-34-18-19-35-17-15-33-13-8-28-25(31)20-39-27/h1-3H,7-23,27H2,(H,28,31)(H,29,30). The molecule has 0 aliphatic heterocycles. The number of amides is 2. The van der Waals surface area contributed by atoms with E-state index < -0.39 is 5.54 Å². The summed E-state index contributed by atoms with van der Waals surface area (Å²) in [6, 6.07) is 0. The number of carbonyl (C=O) groups is 2. The molecule has 0 bridgehead atoms. The van der Waals surface area contributed by atoms with E-state index in [0.29, 0.717) is 52.8 Å². The lowest BCUT2D eigenvalue weighted by molar-refractivity contribution is -0.128. The monoisotopic (exact) mass is 555 g/mol. The van der Waals surface area contributed by atoms with Crippen molar-refractivity contribution in [2.45, 2.75) is 12.0 Å². The van der Waals surface area contributed by atoms with Crippen molar-refractivity contribution in [1.29, 1.82) is 0 Å². The lowest BCUT2D eigenvalue weighted by Gasteiger charge is -2.33. The van der Waals surface area contributed by atoms with Gasteiger partial charge in [0.2, 0.25) is 11.8 Å². The van der Waals surface area contributed by atoms with E-state index in [0.717, 1.165) is 0 Å². The fourth-order valence-corrected chi connectivity index (χ4v) is 2.82. The third kappa shape index (κ3) is 22.9. The van der Waals surface area contributed by atoms with E-state index in [9.17, 15) is 9.59 Å². The molecule has 0 aliphatic carbocycles. The second-order valence-corrected chi connectivity index (χ2v) is 7.78. The molecule has 0 aromatic carbocycles. The van der Waals surface area contributed by atoms with E-state index in [4.69, 9.17) is 58.3 Å². The quantitative estimate of drug-likeness (QED) is 0.0600. The van der Waals surface area contributed by atoms with E-state index in [-0.39, 0.29) is 71.1 Å². The van der Waals surface area contributed by atoms with Crippen LogP contribution in [0.2, 0.25) is 0 Å². The molecule has 0 saturated heterocycles. The smallest absolute Gasteiger partial charge is 0.248 e. The van der Waals surface area contributed by atoms with E-state index in [1.165, 1.54) is 0 Å². The second-order valence-electron chi connectivity index (χ2n) is 7.78. The molecule has 0 unspecified atom stereocenters. The highest BCUT2D eigenvalue weighted by atomic mass is 16.6. The molecular formula is C26H41N3O10. The molecule has 13 heteroatoms. The first-order chi connectivity index (χ1) is 19.0. The van der Waals surface area contributed by atoms with Gasteiger partial charge in [0.15, 0.2) is 0 Å². The Bertz CT molecular complexity index is 710. The summed E-state index contributed by atoms with van der Waals surface area (Å²) in [6.45, 7) is 3.21. The highest BCUT2D eigenvalue weighted by Crippen LogP contribution is 2.10. The molecule has 0 radical (unpaired) electrons. The molecule has 0 atom stereocenters. The normalized spacial score (nSPS) is 10.8. The zero-order valence-corrected chi connectivity index (χ0v) is 22.4. The Labute approximate surface area is 230 Å². The molecule has 13 nitrogen and oxygen atoms in total. The van der Waals surface area contributed by atoms with E-state index in [1.807, 2.05) is 0 Å². The zero-order chi connectivity index (χ0) is 28.9. The molecule has 0 rings (SSSR count). The third-order valence-electron chi connectivity index (χ3n) is 4.47. The Morgan fingerprint density at radius 3 is 1.51 bits per heavy atom. The van der Waals surface area contributed by atoms with Gasteiger partial charge in [0.25, 0.3) is 0 Å². The van der Waals surface area contributed by atoms with E-state index >= 15 is 0 Å². The van der Waals surface area contributed by atoms with Gasteiger partial charge in [-0.15, -0.1) is 19.3 Å². The van der Waals surface area contributed by atoms with Gasteiger partial charge in [-0.2, -0.15) is 0 Å². The fraction of sp³-hybridized carbons (Fsp3) is 0.692. The Morgan fingerprint density at radius 2 is 1.08 bits per heavy atom. The van der Waals surface area contributed by atoms with E-state index in [1.54, 1.807) is 0 Å². The molecule has 0 aromatic rings. The molecule has 0 spiro atoms. The molecule has 39 heavy (non-hydrogen) atoms. The van der Waals surface area contributed by atoms with Gasteiger partial charge in [-0.05, 0) is 0 Å². The molecule has 0 aliphatic rings. The highest BCUT2D eigenvalue weighted by molar-refractivity contribution is 5.77. The van der Waals surface area contributed by atoms with Crippen molar-refractivity contribution in [2.24, 2.45) is 5.90 Å². The highest BCUT2D eigenvalue weighted by Gasteiger charge is 2.33. The van der Waals surface area contributed by atoms with Crippen LogP contribution in [0.15, 0.2) is 0 Å². The first-order valence-corrected chi connectivity index (χ1v) is 12.3. The van der Waals surface area contributed by atoms with Crippen molar-refractivity contribution in [2.75, 3.05) is 106 Å². The van der Waals surface area contributed by atoms with Crippen LogP contribution in [0, 0.1) is 37.0 Å². The summed E-state index contributed by atoms with van der Waals surface area (Å²) >= 11 is 0. The largest absolute Gasteiger partial charge is 0.379 e. The molecule has 0 aromatic heterocycles. The number of hydrogen-bond donors (Lipinski definition) is 3. The van der Waals surface area contributed by atoms with Crippen LogP contribution in [-0.2, 0) is 47.6 Å². The van der Waals surface area contributed by atoms with Gasteiger partial charge < -0.3 is 43.8 Å². The topological polar surface area (TPSA) is 158 Å². The van der Waals surface area contributed by atoms with Gasteiger partial charge in [0.05, 0.1) is 72.7 Å². The van der Waals surface area contributed by atoms with Crippen LogP contribution in [0.1, 0.15) is 6.42 Å². The van der Waals surface area contributed by atoms with Crippen molar-refractivity contribution in [3.05, 3.63) is 0 Å². The van der Waals surface area contributed by atoms with Crippen LogP contribution in [0.3, 0.4) is 0 Å². The Kier molecular flexibility index (Phi) is 25.0. The first-order valence-electron chi connectivity index (χ1n) is 12.3. The van der Waals surface area contributed by atoms with Crippen LogP contribution in [0.4, 0.5) is 0 Å². The average molecular weight is 556 g/mol. The Hall–Kier alpha value is -2.74. The minimum absolute atomic E-state index is 0.0459. The molecule has 2 amide bonds. The minimum Gasteiger partial charge on any atom is -0.379 e. The van der Waals surface area contributed by atoms with Crippen molar-refractivity contribution < 1.29 is 47.6 Å². The van der Waals surface area contributed by atoms with Crippen LogP contribution < -0.4 is 16.5 Å². The van der Waals surface area contributed by atoms with Gasteiger partial charge in [-0.1, -0.05) is 17.8 Å². The maximum absolute atomic E-state index is 12.6. The lowest BCUT2D eigenvalue weighted by atomic mass is 10.0. The minimum atomic E-state index is -1.02. The lowest BCUT2D eigenvalue weighted by Crippen LogP contribution is -2.58. The van der Waals surface area contributed by atoms with Crippen molar-refractivity contribution >= 4 is 11.8 Å². The van der Waals surface area contributed by atoms with E-state index in [2.05, 4.69) is 33.2 Å². The number of nitrogens with one attached hydrogen (secondary N) is 2. The number of rotatable bonds is 27. The maximum atomic E-state index is 12.6. The maximum Gasteiger partial charge on any atom is 0.248 e. The van der Waals surface area contributed by atoms with Crippen LogP contribution in [0.25, 0.3) is 0 Å². The third-order valence-corrected chi connectivity index (χ3v) is 4.47. The summed E-state index contributed by atoms with van der Waals surface area (Å²) in [5.41, 5.74) is -1.02. The summed E-state index contributed by atoms with van der Waals surface area (Å²) < 4.78 is 37.9. The van der Waals surface area contributed by atoms with Gasteiger partial charge in [-0.3, -0.25) is 14.4 Å². The molecular weight excluding hydrogens is 514 g/mol. The van der Waals surface area contributed by atoms with Crippen LogP contribution >= 0.6 is 0 Å². The number of carbonyl (C=O) groups excluding carboxylic acids is 2. The molecule has 4 N–H and O–H groups in total. The zero-order valence-electron chi connectivity index (χ0n) is 22.4. The van der Waals surface area contributed by atoms with Gasteiger partial charge in [-0.25, -0.2) is 5.90 Å². The molecule has 0 fully saturated rings. The second kappa shape index (κ2) is 26.9. The Balaban J connectivity index is 4.01. The molecule has 220 valence electrons. The SMILES string of the molecule is C#CCOCC(COCC#C)(COCC#C)NC(=O)CCOCCOCCOCCOCCNC(=O)CON. The summed E-state index contributed by atoms with van der Waals surface area (Å²) in [4.78, 5) is 27.9. The number of terminal acetylenes is 3. The summed E-state index contributed by atoms with van der Waals surface area (Å²) in [5.74, 6) is 11.3.